The van der Waals surface area contributed by atoms with Crippen molar-refractivity contribution in [1.82, 2.24) is 15.0 Å². The molecule has 19 heavy (non-hydrogen) atoms. The maximum Gasteiger partial charge on any atom is 0.235 e. The Morgan fingerprint density at radius 2 is 1.84 bits per heavy atom. The van der Waals surface area contributed by atoms with Crippen LogP contribution in [0.2, 0.25) is 5.28 Å². The Morgan fingerprint density at radius 3 is 2.42 bits per heavy atom. The van der Waals surface area contributed by atoms with Crippen LogP contribution in [0.1, 0.15) is 12.5 Å². The quantitative estimate of drug-likeness (QED) is 0.931. The van der Waals surface area contributed by atoms with Crippen molar-refractivity contribution in [2.24, 2.45) is 0 Å². The minimum absolute atomic E-state index is 0.173. The van der Waals surface area contributed by atoms with Crippen molar-refractivity contribution in [1.29, 1.82) is 0 Å². The van der Waals surface area contributed by atoms with Crippen molar-refractivity contribution in [3.63, 3.8) is 0 Å². The molecule has 0 amide bonds. The molecule has 0 spiro atoms. The summed E-state index contributed by atoms with van der Waals surface area (Å²) in [5.74, 6) is 0.959. The second kappa shape index (κ2) is 5.84. The molecule has 0 aliphatic carbocycles. The van der Waals surface area contributed by atoms with E-state index in [1.807, 2.05) is 24.1 Å². The van der Waals surface area contributed by atoms with Crippen LogP contribution in [0.25, 0.3) is 0 Å². The highest BCUT2D eigenvalue weighted by Gasteiger charge is 2.10. The van der Waals surface area contributed by atoms with Crippen LogP contribution in [-0.2, 0) is 6.42 Å². The molecule has 0 atom stereocenters. The standard InChI is InChI=1S/C13H16ClN5/c1-4-9-5-7-10(8-6-9)19(3)13-17-11(14)16-12(15-2)18-13/h5-8H,4H2,1-3H3,(H,15,16,17,18). The zero-order valence-corrected chi connectivity index (χ0v) is 11.9. The molecule has 0 saturated heterocycles. The number of nitrogens with one attached hydrogen (secondary N) is 1. The highest BCUT2D eigenvalue weighted by atomic mass is 35.5. The summed E-state index contributed by atoms with van der Waals surface area (Å²) < 4.78 is 0. The summed E-state index contributed by atoms with van der Waals surface area (Å²) in [5, 5.41) is 3.03. The smallest absolute Gasteiger partial charge is 0.235 e. The molecule has 2 aromatic rings. The molecule has 0 saturated carbocycles. The molecule has 1 N–H and O–H groups in total. The van der Waals surface area contributed by atoms with Crippen LogP contribution in [-0.4, -0.2) is 29.0 Å². The first-order valence-electron chi connectivity index (χ1n) is 6.06. The normalized spacial score (nSPS) is 10.3. The van der Waals surface area contributed by atoms with Crippen LogP contribution >= 0.6 is 11.6 Å². The number of aryl methyl sites for hydroxylation is 1. The van der Waals surface area contributed by atoms with E-state index in [0.29, 0.717) is 11.9 Å². The molecule has 100 valence electrons. The first-order valence-corrected chi connectivity index (χ1v) is 6.44. The zero-order chi connectivity index (χ0) is 13.8. The molecule has 0 aliphatic heterocycles. The van der Waals surface area contributed by atoms with Gasteiger partial charge in [-0.1, -0.05) is 19.1 Å². The van der Waals surface area contributed by atoms with Gasteiger partial charge in [0.05, 0.1) is 0 Å². The highest BCUT2D eigenvalue weighted by Crippen LogP contribution is 2.22. The van der Waals surface area contributed by atoms with Gasteiger partial charge in [-0.15, -0.1) is 0 Å². The van der Waals surface area contributed by atoms with E-state index in [9.17, 15) is 0 Å². The molecule has 0 bridgehead atoms. The summed E-state index contributed by atoms with van der Waals surface area (Å²) in [6.07, 6.45) is 1.02. The molecule has 0 unspecified atom stereocenters. The molecule has 0 aliphatic rings. The topological polar surface area (TPSA) is 53.9 Å². The molecule has 1 aromatic heterocycles. The van der Waals surface area contributed by atoms with Gasteiger partial charge in [0.25, 0.3) is 0 Å². The van der Waals surface area contributed by atoms with Gasteiger partial charge in [-0.2, -0.15) is 15.0 Å². The van der Waals surface area contributed by atoms with Crippen LogP contribution in [0.4, 0.5) is 17.6 Å². The van der Waals surface area contributed by atoms with Gasteiger partial charge in [-0.25, -0.2) is 0 Å². The molecule has 1 aromatic carbocycles. The Morgan fingerprint density at radius 1 is 1.16 bits per heavy atom. The average Bonchev–Trinajstić information content (AvgIpc) is 2.46. The fourth-order valence-corrected chi connectivity index (χ4v) is 1.83. The third-order valence-electron chi connectivity index (χ3n) is 2.85. The van der Waals surface area contributed by atoms with Crippen molar-refractivity contribution in [3.05, 3.63) is 35.1 Å². The van der Waals surface area contributed by atoms with Gasteiger partial charge in [0, 0.05) is 19.8 Å². The van der Waals surface area contributed by atoms with Crippen molar-refractivity contribution in [2.75, 3.05) is 24.3 Å². The van der Waals surface area contributed by atoms with E-state index in [-0.39, 0.29) is 5.28 Å². The second-order valence-electron chi connectivity index (χ2n) is 4.06. The summed E-state index contributed by atoms with van der Waals surface area (Å²) in [4.78, 5) is 14.2. The van der Waals surface area contributed by atoms with Crippen molar-refractivity contribution in [3.8, 4) is 0 Å². The summed E-state index contributed by atoms with van der Waals surface area (Å²) in [6, 6.07) is 8.26. The van der Waals surface area contributed by atoms with Gasteiger partial charge in [0.2, 0.25) is 17.2 Å². The number of rotatable bonds is 4. The minimum Gasteiger partial charge on any atom is -0.357 e. The first-order chi connectivity index (χ1) is 9.13. The molecular weight excluding hydrogens is 262 g/mol. The van der Waals surface area contributed by atoms with E-state index in [0.717, 1.165) is 12.1 Å². The van der Waals surface area contributed by atoms with Gasteiger partial charge in [-0.3, -0.25) is 0 Å². The lowest BCUT2D eigenvalue weighted by Gasteiger charge is -2.17. The van der Waals surface area contributed by atoms with E-state index in [4.69, 9.17) is 11.6 Å². The van der Waals surface area contributed by atoms with Crippen LogP contribution in [0.5, 0.6) is 0 Å². The molecule has 2 rings (SSSR count). The van der Waals surface area contributed by atoms with E-state index >= 15 is 0 Å². The molecule has 1 heterocycles. The molecule has 6 heteroatoms. The SMILES string of the molecule is CCc1ccc(N(C)c2nc(Cl)nc(NC)n2)cc1. The summed E-state index contributed by atoms with van der Waals surface area (Å²) >= 11 is 5.88. The number of aromatic nitrogens is 3. The van der Waals surface area contributed by atoms with Gasteiger partial charge in [0.1, 0.15) is 0 Å². The van der Waals surface area contributed by atoms with E-state index in [2.05, 4.69) is 39.3 Å². The number of halogens is 1. The Balaban J connectivity index is 2.31. The Hall–Kier alpha value is -1.88. The maximum atomic E-state index is 5.88. The lowest BCUT2D eigenvalue weighted by molar-refractivity contribution is 0.986. The second-order valence-corrected chi connectivity index (χ2v) is 4.40. The zero-order valence-electron chi connectivity index (χ0n) is 11.2. The predicted octanol–water partition coefficient (Wildman–Crippen LogP) is 2.90. The number of nitrogens with zero attached hydrogens (tertiary/aromatic N) is 4. The first kappa shape index (κ1) is 13.5. The largest absolute Gasteiger partial charge is 0.357 e. The molecule has 0 fully saturated rings. The number of hydrogen-bond donors (Lipinski definition) is 1. The summed E-state index contributed by atoms with van der Waals surface area (Å²) in [5.41, 5.74) is 2.29. The number of hydrogen-bond acceptors (Lipinski definition) is 5. The lowest BCUT2D eigenvalue weighted by atomic mass is 10.1. The van der Waals surface area contributed by atoms with Crippen LogP contribution in [0.15, 0.2) is 24.3 Å². The minimum atomic E-state index is 0.173. The van der Waals surface area contributed by atoms with Crippen LogP contribution in [0.3, 0.4) is 0 Å². The van der Waals surface area contributed by atoms with Gasteiger partial charge >= 0.3 is 0 Å². The maximum absolute atomic E-state index is 5.88. The number of anilines is 3. The Labute approximate surface area is 117 Å². The predicted molar refractivity (Wildman–Crippen MR) is 78.3 cm³/mol. The van der Waals surface area contributed by atoms with Crippen molar-refractivity contribution < 1.29 is 0 Å². The Kier molecular flexibility index (Phi) is 4.16. The fourth-order valence-electron chi connectivity index (χ4n) is 1.67. The summed E-state index contributed by atoms with van der Waals surface area (Å²) in [7, 11) is 3.64. The van der Waals surface area contributed by atoms with Crippen LogP contribution < -0.4 is 10.2 Å². The third-order valence-corrected chi connectivity index (χ3v) is 3.02. The van der Waals surface area contributed by atoms with Gasteiger partial charge in [-0.05, 0) is 35.7 Å². The third kappa shape index (κ3) is 3.12. The van der Waals surface area contributed by atoms with E-state index < -0.39 is 0 Å². The lowest BCUT2D eigenvalue weighted by Crippen LogP contribution is -2.14. The molecule has 0 radical (unpaired) electrons. The number of benzene rings is 1. The Bertz CT molecular complexity index is 555. The van der Waals surface area contributed by atoms with Crippen molar-refractivity contribution >= 4 is 29.2 Å². The van der Waals surface area contributed by atoms with Crippen LogP contribution in [0, 0.1) is 0 Å². The van der Waals surface area contributed by atoms with E-state index in [1.165, 1.54) is 5.56 Å². The van der Waals surface area contributed by atoms with Crippen molar-refractivity contribution in [2.45, 2.75) is 13.3 Å². The molecular formula is C13H16ClN5. The highest BCUT2D eigenvalue weighted by molar-refractivity contribution is 6.28. The van der Waals surface area contributed by atoms with Gasteiger partial charge in [0.15, 0.2) is 0 Å². The van der Waals surface area contributed by atoms with E-state index in [1.54, 1.807) is 7.05 Å². The van der Waals surface area contributed by atoms with Gasteiger partial charge < -0.3 is 10.2 Å². The monoisotopic (exact) mass is 277 g/mol. The summed E-state index contributed by atoms with van der Waals surface area (Å²) in [6.45, 7) is 2.13. The molecule has 5 nitrogen and oxygen atoms in total. The fraction of sp³-hybridized carbons (Fsp3) is 0.308. The average molecular weight is 278 g/mol.